The molecule has 0 unspecified atom stereocenters. The molecule has 1 aromatic rings. The van der Waals surface area contributed by atoms with Crippen LogP contribution < -0.4 is 0 Å². The van der Waals surface area contributed by atoms with Crippen LogP contribution in [0.25, 0.3) is 0 Å². The molecule has 0 amide bonds. The highest BCUT2D eigenvalue weighted by molar-refractivity contribution is 5.99. The zero-order chi connectivity index (χ0) is 14.8. The van der Waals surface area contributed by atoms with E-state index in [-0.39, 0.29) is 11.2 Å². The Labute approximate surface area is 121 Å². The lowest BCUT2D eigenvalue weighted by Crippen LogP contribution is -2.39. The largest absolute Gasteiger partial charge is 0.379 e. The van der Waals surface area contributed by atoms with Gasteiger partial charge in [-0.1, -0.05) is 32.9 Å². The molecule has 1 saturated heterocycles. The summed E-state index contributed by atoms with van der Waals surface area (Å²) < 4.78 is 5.32. The number of hydrogen-bond donors (Lipinski definition) is 0. The van der Waals surface area contributed by atoms with Crippen LogP contribution in [-0.4, -0.2) is 43.5 Å². The van der Waals surface area contributed by atoms with Gasteiger partial charge in [0, 0.05) is 18.7 Å². The maximum atomic E-state index is 12.5. The van der Waals surface area contributed by atoms with Crippen LogP contribution in [0, 0.1) is 6.92 Å². The number of hydrogen-bond acceptors (Lipinski definition) is 3. The van der Waals surface area contributed by atoms with Crippen LogP contribution in [0.1, 0.15) is 42.3 Å². The van der Waals surface area contributed by atoms with Crippen LogP contribution in [0.2, 0.25) is 0 Å². The Morgan fingerprint density at radius 3 is 2.50 bits per heavy atom. The molecule has 0 N–H and O–H groups in total. The highest BCUT2D eigenvalue weighted by atomic mass is 16.5. The summed E-state index contributed by atoms with van der Waals surface area (Å²) in [4.78, 5) is 14.7. The zero-order valence-corrected chi connectivity index (χ0v) is 13.0. The minimum Gasteiger partial charge on any atom is -0.379 e. The summed E-state index contributed by atoms with van der Waals surface area (Å²) >= 11 is 0. The van der Waals surface area contributed by atoms with Crippen LogP contribution in [0.4, 0.5) is 0 Å². The van der Waals surface area contributed by atoms with E-state index < -0.39 is 0 Å². The van der Waals surface area contributed by atoms with Gasteiger partial charge in [-0.2, -0.15) is 0 Å². The Morgan fingerprint density at radius 1 is 1.25 bits per heavy atom. The second-order valence-corrected chi connectivity index (χ2v) is 6.59. The third kappa shape index (κ3) is 3.68. The van der Waals surface area contributed by atoms with Crippen LogP contribution in [0.5, 0.6) is 0 Å². The van der Waals surface area contributed by atoms with Crippen molar-refractivity contribution >= 4 is 5.78 Å². The van der Waals surface area contributed by atoms with Crippen LogP contribution in [0.15, 0.2) is 18.2 Å². The summed E-state index contributed by atoms with van der Waals surface area (Å²) in [6.45, 7) is 12.2. The second-order valence-electron chi connectivity index (χ2n) is 6.59. The molecule has 0 bridgehead atoms. The van der Waals surface area contributed by atoms with Gasteiger partial charge in [-0.05, 0) is 29.5 Å². The summed E-state index contributed by atoms with van der Waals surface area (Å²) in [5.41, 5.74) is 3.22. The van der Waals surface area contributed by atoms with Crippen molar-refractivity contribution in [3.05, 3.63) is 34.9 Å². The van der Waals surface area contributed by atoms with Crippen molar-refractivity contribution in [1.82, 2.24) is 4.90 Å². The average Bonchev–Trinajstić information content (AvgIpc) is 2.39. The van der Waals surface area contributed by atoms with Gasteiger partial charge in [0.2, 0.25) is 0 Å². The van der Waals surface area contributed by atoms with Crippen molar-refractivity contribution in [2.45, 2.75) is 33.1 Å². The van der Waals surface area contributed by atoms with Gasteiger partial charge in [0.25, 0.3) is 0 Å². The molecule has 0 aliphatic carbocycles. The number of morpholine rings is 1. The minimum atomic E-state index is 0.0711. The molecule has 1 heterocycles. The molecule has 20 heavy (non-hydrogen) atoms. The maximum absolute atomic E-state index is 12.5. The Bertz CT molecular complexity index is 482. The first-order valence-electron chi connectivity index (χ1n) is 7.32. The summed E-state index contributed by atoms with van der Waals surface area (Å²) in [5.74, 6) is 0.218. The summed E-state index contributed by atoms with van der Waals surface area (Å²) in [5, 5.41) is 0. The fourth-order valence-electron chi connectivity index (χ4n) is 2.44. The summed E-state index contributed by atoms with van der Waals surface area (Å²) in [7, 11) is 0. The fraction of sp³-hybridized carbons (Fsp3) is 0.588. The smallest absolute Gasteiger partial charge is 0.177 e. The second kappa shape index (κ2) is 6.06. The average molecular weight is 275 g/mol. The molecule has 0 radical (unpaired) electrons. The fourth-order valence-corrected chi connectivity index (χ4v) is 2.44. The van der Waals surface area contributed by atoms with Gasteiger partial charge in [-0.25, -0.2) is 0 Å². The molecule has 1 fully saturated rings. The SMILES string of the molecule is Cc1ccc(C(C)(C)C)cc1C(=O)CN1CCOCC1. The van der Waals surface area contributed by atoms with Gasteiger partial charge in [0.1, 0.15) is 0 Å². The van der Waals surface area contributed by atoms with E-state index in [0.29, 0.717) is 6.54 Å². The van der Waals surface area contributed by atoms with E-state index in [2.05, 4.69) is 43.9 Å². The number of rotatable bonds is 3. The van der Waals surface area contributed by atoms with E-state index in [0.717, 1.165) is 37.4 Å². The van der Waals surface area contributed by atoms with Gasteiger partial charge in [-0.3, -0.25) is 9.69 Å². The van der Waals surface area contributed by atoms with E-state index >= 15 is 0 Å². The molecule has 3 heteroatoms. The molecule has 2 rings (SSSR count). The van der Waals surface area contributed by atoms with E-state index in [1.807, 2.05) is 6.92 Å². The third-order valence-electron chi connectivity index (χ3n) is 3.87. The number of nitrogens with zero attached hydrogens (tertiary/aromatic N) is 1. The van der Waals surface area contributed by atoms with Crippen LogP contribution in [-0.2, 0) is 10.2 Å². The lowest BCUT2D eigenvalue weighted by Gasteiger charge is -2.26. The highest BCUT2D eigenvalue weighted by Gasteiger charge is 2.20. The molecule has 3 nitrogen and oxygen atoms in total. The molecule has 1 aliphatic heterocycles. The Balaban J connectivity index is 2.16. The van der Waals surface area contributed by atoms with Gasteiger partial charge in [0.15, 0.2) is 5.78 Å². The van der Waals surface area contributed by atoms with Crippen molar-refractivity contribution < 1.29 is 9.53 Å². The van der Waals surface area contributed by atoms with E-state index in [1.54, 1.807) is 0 Å². The molecular formula is C17H25NO2. The van der Waals surface area contributed by atoms with E-state index in [1.165, 1.54) is 5.56 Å². The number of carbonyl (C=O) groups excluding carboxylic acids is 1. The third-order valence-corrected chi connectivity index (χ3v) is 3.87. The molecular weight excluding hydrogens is 250 g/mol. The number of ether oxygens (including phenoxy) is 1. The number of Topliss-reactive ketones (excluding diaryl/α,β-unsaturated/α-hetero) is 1. The van der Waals surface area contributed by atoms with Crippen molar-refractivity contribution in [2.24, 2.45) is 0 Å². The standard InChI is InChI=1S/C17H25NO2/c1-13-5-6-14(17(2,3)4)11-15(13)16(19)12-18-7-9-20-10-8-18/h5-6,11H,7-10,12H2,1-4H3. The molecule has 0 aromatic heterocycles. The number of ketones is 1. The summed E-state index contributed by atoms with van der Waals surface area (Å²) in [6, 6.07) is 6.26. The lowest BCUT2D eigenvalue weighted by molar-refractivity contribution is 0.0371. The quantitative estimate of drug-likeness (QED) is 0.794. The molecule has 110 valence electrons. The van der Waals surface area contributed by atoms with Gasteiger partial charge >= 0.3 is 0 Å². The monoisotopic (exact) mass is 275 g/mol. The molecule has 0 spiro atoms. The van der Waals surface area contributed by atoms with Crippen molar-refractivity contribution in [3.63, 3.8) is 0 Å². The van der Waals surface area contributed by atoms with E-state index in [9.17, 15) is 4.79 Å². The lowest BCUT2D eigenvalue weighted by atomic mass is 9.84. The predicted molar refractivity (Wildman–Crippen MR) is 81.5 cm³/mol. The number of benzene rings is 1. The normalized spacial score (nSPS) is 17.2. The molecule has 0 atom stereocenters. The van der Waals surface area contributed by atoms with Gasteiger partial charge in [0.05, 0.1) is 19.8 Å². The first-order chi connectivity index (χ1) is 9.38. The highest BCUT2D eigenvalue weighted by Crippen LogP contribution is 2.24. The Hall–Kier alpha value is -1.19. The number of carbonyl (C=O) groups is 1. The van der Waals surface area contributed by atoms with E-state index in [4.69, 9.17) is 4.74 Å². The van der Waals surface area contributed by atoms with Crippen LogP contribution >= 0.6 is 0 Å². The maximum Gasteiger partial charge on any atom is 0.177 e. The Kier molecular flexibility index (Phi) is 4.61. The van der Waals surface area contributed by atoms with Crippen molar-refractivity contribution in [1.29, 1.82) is 0 Å². The molecule has 1 aromatic carbocycles. The molecule has 0 saturated carbocycles. The van der Waals surface area contributed by atoms with Crippen molar-refractivity contribution in [2.75, 3.05) is 32.8 Å². The first-order valence-corrected chi connectivity index (χ1v) is 7.32. The Morgan fingerprint density at radius 2 is 1.90 bits per heavy atom. The topological polar surface area (TPSA) is 29.5 Å². The molecule has 1 aliphatic rings. The van der Waals surface area contributed by atoms with Crippen LogP contribution in [0.3, 0.4) is 0 Å². The van der Waals surface area contributed by atoms with Crippen molar-refractivity contribution in [3.8, 4) is 0 Å². The summed E-state index contributed by atoms with van der Waals surface area (Å²) in [6.07, 6.45) is 0. The minimum absolute atomic E-state index is 0.0711. The number of aryl methyl sites for hydroxylation is 1. The first kappa shape index (κ1) is 15.2. The predicted octanol–water partition coefficient (Wildman–Crippen LogP) is 2.81. The van der Waals surface area contributed by atoms with Gasteiger partial charge < -0.3 is 4.74 Å². The van der Waals surface area contributed by atoms with Gasteiger partial charge in [-0.15, -0.1) is 0 Å². The zero-order valence-electron chi connectivity index (χ0n) is 13.0.